The Balaban J connectivity index is 1.79. The SMILES string of the molecule is O=C(CC1CCCCN1)N1CC(O)C(O)C1. The lowest BCUT2D eigenvalue weighted by molar-refractivity contribution is -0.131. The summed E-state index contributed by atoms with van der Waals surface area (Å²) in [6, 6.07) is 0.274. The highest BCUT2D eigenvalue weighted by Crippen LogP contribution is 2.15. The predicted octanol–water partition coefficient (Wildman–Crippen LogP) is -0.917. The van der Waals surface area contributed by atoms with Crippen molar-refractivity contribution in [2.45, 2.75) is 43.9 Å². The summed E-state index contributed by atoms with van der Waals surface area (Å²) in [5, 5.41) is 22.1. The monoisotopic (exact) mass is 228 g/mol. The Morgan fingerprint density at radius 2 is 1.94 bits per heavy atom. The highest BCUT2D eigenvalue weighted by atomic mass is 16.3. The molecule has 16 heavy (non-hydrogen) atoms. The normalized spacial score (nSPS) is 35.4. The number of aliphatic hydroxyl groups excluding tert-OH is 2. The summed E-state index contributed by atoms with van der Waals surface area (Å²) in [6.07, 6.45) is 2.35. The van der Waals surface area contributed by atoms with E-state index in [1.54, 1.807) is 4.90 Å². The van der Waals surface area contributed by atoms with Gasteiger partial charge in [0.1, 0.15) is 0 Å². The summed E-state index contributed by atoms with van der Waals surface area (Å²) >= 11 is 0. The van der Waals surface area contributed by atoms with Crippen LogP contribution in [0.1, 0.15) is 25.7 Å². The van der Waals surface area contributed by atoms with Gasteiger partial charge in [-0.25, -0.2) is 0 Å². The first-order chi connectivity index (χ1) is 7.66. The van der Waals surface area contributed by atoms with Crippen molar-refractivity contribution in [3.05, 3.63) is 0 Å². The molecule has 5 heteroatoms. The summed E-state index contributed by atoms with van der Waals surface area (Å²) in [7, 11) is 0. The number of nitrogens with zero attached hydrogens (tertiary/aromatic N) is 1. The topological polar surface area (TPSA) is 72.8 Å². The maximum absolute atomic E-state index is 11.9. The summed E-state index contributed by atoms with van der Waals surface area (Å²) in [5.41, 5.74) is 0. The molecule has 2 saturated heterocycles. The number of carbonyl (C=O) groups is 1. The van der Waals surface area contributed by atoms with E-state index in [1.165, 1.54) is 12.8 Å². The van der Waals surface area contributed by atoms with Crippen LogP contribution in [0.2, 0.25) is 0 Å². The largest absolute Gasteiger partial charge is 0.388 e. The molecule has 92 valence electrons. The lowest BCUT2D eigenvalue weighted by atomic mass is 10.0. The second kappa shape index (κ2) is 5.12. The molecule has 0 radical (unpaired) electrons. The maximum Gasteiger partial charge on any atom is 0.224 e. The van der Waals surface area contributed by atoms with Crippen LogP contribution >= 0.6 is 0 Å². The van der Waals surface area contributed by atoms with Crippen LogP contribution in [0.5, 0.6) is 0 Å². The third-order valence-electron chi connectivity index (χ3n) is 3.45. The molecule has 2 aliphatic rings. The average molecular weight is 228 g/mol. The number of piperidine rings is 1. The molecule has 2 heterocycles. The molecule has 5 nitrogen and oxygen atoms in total. The van der Waals surface area contributed by atoms with Crippen LogP contribution in [-0.2, 0) is 4.79 Å². The Hall–Kier alpha value is -0.650. The second-order valence-corrected chi connectivity index (χ2v) is 4.78. The van der Waals surface area contributed by atoms with Crippen molar-refractivity contribution in [1.29, 1.82) is 0 Å². The highest BCUT2D eigenvalue weighted by molar-refractivity contribution is 5.77. The Morgan fingerprint density at radius 1 is 1.25 bits per heavy atom. The number of carbonyl (C=O) groups excluding carboxylic acids is 1. The van der Waals surface area contributed by atoms with Crippen LogP contribution in [0, 0.1) is 0 Å². The van der Waals surface area contributed by atoms with Gasteiger partial charge in [-0.1, -0.05) is 6.42 Å². The van der Waals surface area contributed by atoms with E-state index in [4.69, 9.17) is 0 Å². The van der Waals surface area contributed by atoms with E-state index in [-0.39, 0.29) is 25.0 Å². The zero-order valence-electron chi connectivity index (χ0n) is 9.43. The lowest BCUT2D eigenvalue weighted by Gasteiger charge is -2.25. The van der Waals surface area contributed by atoms with Crippen molar-refractivity contribution in [1.82, 2.24) is 10.2 Å². The van der Waals surface area contributed by atoms with E-state index in [2.05, 4.69) is 5.32 Å². The number of β-amino-alcohol motifs (C(OH)–C–C–N with tert-alkyl or cyclic N) is 2. The first-order valence-corrected chi connectivity index (χ1v) is 6.04. The Bertz CT molecular complexity index is 244. The molecule has 0 aliphatic carbocycles. The van der Waals surface area contributed by atoms with Gasteiger partial charge in [0.25, 0.3) is 0 Å². The molecule has 0 saturated carbocycles. The van der Waals surface area contributed by atoms with Gasteiger partial charge >= 0.3 is 0 Å². The maximum atomic E-state index is 11.9. The molecule has 0 bridgehead atoms. The lowest BCUT2D eigenvalue weighted by Crippen LogP contribution is -2.40. The van der Waals surface area contributed by atoms with Crippen LogP contribution in [0.3, 0.4) is 0 Å². The molecule has 3 atom stereocenters. The predicted molar refractivity (Wildman–Crippen MR) is 58.9 cm³/mol. The van der Waals surface area contributed by atoms with Gasteiger partial charge in [-0.05, 0) is 19.4 Å². The summed E-state index contributed by atoms with van der Waals surface area (Å²) in [6.45, 7) is 1.53. The van der Waals surface area contributed by atoms with E-state index >= 15 is 0 Å². The minimum absolute atomic E-state index is 0.0370. The van der Waals surface area contributed by atoms with Gasteiger partial charge in [-0.3, -0.25) is 4.79 Å². The van der Waals surface area contributed by atoms with Crippen molar-refractivity contribution >= 4 is 5.91 Å². The molecule has 0 aromatic rings. The number of amides is 1. The molecule has 0 aromatic carbocycles. The van der Waals surface area contributed by atoms with Gasteiger partial charge in [0.05, 0.1) is 12.2 Å². The van der Waals surface area contributed by atoms with Crippen molar-refractivity contribution in [2.75, 3.05) is 19.6 Å². The minimum atomic E-state index is -0.775. The van der Waals surface area contributed by atoms with Crippen molar-refractivity contribution in [3.8, 4) is 0 Å². The van der Waals surface area contributed by atoms with Crippen LogP contribution in [0.25, 0.3) is 0 Å². The van der Waals surface area contributed by atoms with Crippen LogP contribution < -0.4 is 5.32 Å². The third-order valence-corrected chi connectivity index (χ3v) is 3.45. The first-order valence-electron chi connectivity index (χ1n) is 6.04. The standard InChI is InChI=1S/C11H20N2O3/c14-9-6-13(7-10(9)15)11(16)5-8-3-1-2-4-12-8/h8-10,12,14-15H,1-7H2. The van der Waals surface area contributed by atoms with E-state index in [0.29, 0.717) is 6.42 Å². The number of hydrogen-bond acceptors (Lipinski definition) is 4. The Labute approximate surface area is 95.4 Å². The molecule has 3 unspecified atom stereocenters. The minimum Gasteiger partial charge on any atom is -0.388 e. The molecular formula is C11H20N2O3. The van der Waals surface area contributed by atoms with Gasteiger partial charge in [-0.2, -0.15) is 0 Å². The first kappa shape index (κ1) is 11.8. The fraction of sp³-hybridized carbons (Fsp3) is 0.909. The van der Waals surface area contributed by atoms with E-state index in [1.807, 2.05) is 0 Å². The van der Waals surface area contributed by atoms with Gasteiger partial charge in [0, 0.05) is 25.6 Å². The van der Waals surface area contributed by atoms with Crippen molar-refractivity contribution in [2.24, 2.45) is 0 Å². The Kier molecular flexibility index (Phi) is 3.78. The van der Waals surface area contributed by atoms with Crippen LogP contribution in [0.4, 0.5) is 0 Å². The van der Waals surface area contributed by atoms with E-state index in [9.17, 15) is 15.0 Å². The van der Waals surface area contributed by atoms with Crippen LogP contribution in [0.15, 0.2) is 0 Å². The van der Waals surface area contributed by atoms with Crippen molar-refractivity contribution < 1.29 is 15.0 Å². The van der Waals surface area contributed by atoms with E-state index in [0.717, 1.165) is 13.0 Å². The molecule has 0 aromatic heterocycles. The van der Waals surface area contributed by atoms with Crippen molar-refractivity contribution in [3.63, 3.8) is 0 Å². The zero-order valence-corrected chi connectivity index (χ0v) is 9.43. The van der Waals surface area contributed by atoms with Gasteiger partial charge < -0.3 is 20.4 Å². The molecular weight excluding hydrogens is 208 g/mol. The molecule has 2 aliphatic heterocycles. The number of likely N-dealkylation sites (tertiary alicyclic amines) is 1. The molecule has 3 N–H and O–H groups in total. The van der Waals surface area contributed by atoms with Gasteiger partial charge in [0.2, 0.25) is 5.91 Å². The quantitative estimate of drug-likeness (QED) is 0.572. The number of hydrogen-bond donors (Lipinski definition) is 3. The molecule has 1 amide bonds. The molecule has 2 rings (SSSR count). The van der Waals surface area contributed by atoms with Crippen LogP contribution in [-0.4, -0.2) is 58.9 Å². The average Bonchev–Trinajstić information content (AvgIpc) is 2.61. The Morgan fingerprint density at radius 3 is 2.50 bits per heavy atom. The molecule has 2 fully saturated rings. The summed E-state index contributed by atoms with van der Waals surface area (Å²) < 4.78 is 0. The summed E-state index contributed by atoms with van der Waals surface area (Å²) in [5.74, 6) is 0.0370. The zero-order chi connectivity index (χ0) is 11.5. The van der Waals surface area contributed by atoms with E-state index < -0.39 is 12.2 Å². The smallest absolute Gasteiger partial charge is 0.224 e. The third kappa shape index (κ3) is 2.72. The van der Waals surface area contributed by atoms with Gasteiger partial charge in [-0.15, -0.1) is 0 Å². The highest BCUT2D eigenvalue weighted by Gasteiger charge is 2.33. The molecule has 0 spiro atoms. The number of aliphatic hydroxyl groups is 2. The second-order valence-electron chi connectivity index (χ2n) is 4.78. The fourth-order valence-electron chi connectivity index (χ4n) is 2.41. The fourth-order valence-corrected chi connectivity index (χ4v) is 2.41. The van der Waals surface area contributed by atoms with Gasteiger partial charge in [0.15, 0.2) is 0 Å². The number of rotatable bonds is 2. The summed E-state index contributed by atoms with van der Waals surface area (Å²) in [4.78, 5) is 13.4. The number of nitrogens with one attached hydrogen (secondary N) is 1.